The highest BCUT2D eigenvalue weighted by Crippen LogP contribution is 2.05. The van der Waals surface area contributed by atoms with Crippen molar-refractivity contribution >= 4 is 0 Å². The molecule has 2 nitrogen and oxygen atoms in total. The molecule has 0 aromatic carbocycles. The maximum atomic E-state index is 5.54. The first-order chi connectivity index (χ1) is 6.66. The van der Waals surface area contributed by atoms with Crippen LogP contribution in [0.5, 0.6) is 0 Å². The second kappa shape index (κ2) is 9.47. The van der Waals surface area contributed by atoms with Gasteiger partial charge in [0.1, 0.15) is 0 Å². The Morgan fingerprint density at radius 2 is 1.71 bits per heavy atom. The van der Waals surface area contributed by atoms with E-state index in [0.717, 1.165) is 19.0 Å². The van der Waals surface area contributed by atoms with Crippen LogP contribution in [0.3, 0.4) is 0 Å². The summed E-state index contributed by atoms with van der Waals surface area (Å²) in [4.78, 5) is 0. The Morgan fingerprint density at radius 3 is 2.29 bits per heavy atom. The Labute approximate surface area is 89.6 Å². The van der Waals surface area contributed by atoms with Crippen molar-refractivity contribution in [1.82, 2.24) is 5.32 Å². The zero-order chi connectivity index (χ0) is 10.8. The van der Waals surface area contributed by atoms with E-state index in [9.17, 15) is 0 Å². The zero-order valence-corrected chi connectivity index (χ0v) is 10.2. The number of hydrogen-bond acceptors (Lipinski definition) is 2. The largest absolute Gasteiger partial charge is 0.330 e. The van der Waals surface area contributed by atoms with Gasteiger partial charge in [0.2, 0.25) is 0 Å². The Balaban J connectivity index is 2.99. The van der Waals surface area contributed by atoms with E-state index >= 15 is 0 Å². The average molecular weight is 200 g/mol. The molecule has 0 aliphatic rings. The SMILES string of the molecule is CC(C)CCCCNCCC(C)CN. The molecule has 0 aliphatic carbocycles. The predicted molar refractivity (Wildman–Crippen MR) is 64.4 cm³/mol. The molecule has 0 rings (SSSR count). The Bertz CT molecular complexity index is 113. The molecule has 0 saturated carbocycles. The first kappa shape index (κ1) is 13.9. The molecule has 0 aliphatic heterocycles. The Kier molecular flexibility index (Phi) is 9.42. The van der Waals surface area contributed by atoms with Gasteiger partial charge in [0.15, 0.2) is 0 Å². The van der Waals surface area contributed by atoms with Crippen molar-refractivity contribution in [1.29, 1.82) is 0 Å². The molecule has 0 aromatic rings. The van der Waals surface area contributed by atoms with E-state index in [0.29, 0.717) is 5.92 Å². The molecule has 0 amide bonds. The summed E-state index contributed by atoms with van der Waals surface area (Å²) in [6, 6.07) is 0. The smallest absolute Gasteiger partial charge is 0.00459 e. The highest BCUT2D eigenvalue weighted by molar-refractivity contribution is 4.56. The summed E-state index contributed by atoms with van der Waals surface area (Å²) in [6.45, 7) is 9.90. The van der Waals surface area contributed by atoms with Gasteiger partial charge in [-0.3, -0.25) is 0 Å². The first-order valence-corrected chi connectivity index (χ1v) is 6.07. The van der Waals surface area contributed by atoms with Gasteiger partial charge in [0.05, 0.1) is 0 Å². The van der Waals surface area contributed by atoms with Crippen molar-refractivity contribution in [2.75, 3.05) is 19.6 Å². The lowest BCUT2D eigenvalue weighted by Crippen LogP contribution is -2.21. The van der Waals surface area contributed by atoms with Gasteiger partial charge < -0.3 is 11.1 Å². The van der Waals surface area contributed by atoms with Crippen LogP contribution in [-0.4, -0.2) is 19.6 Å². The zero-order valence-electron chi connectivity index (χ0n) is 10.2. The molecular formula is C12H28N2. The summed E-state index contributed by atoms with van der Waals surface area (Å²) < 4.78 is 0. The lowest BCUT2D eigenvalue weighted by Gasteiger charge is -2.09. The summed E-state index contributed by atoms with van der Waals surface area (Å²) >= 11 is 0. The highest BCUT2D eigenvalue weighted by atomic mass is 14.8. The van der Waals surface area contributed by atoms with E-state index in [1.54, 1.807) is 0 Å². The summed E-state index contributed by atoms with van der Waals surface area (Å²) in [6.07, 6.45) is 5.24. The van der Waals surface area contributed by atoms with Crippen molar-refractivity contribution in [3.05, 3.63) is 0 Å². The maximum absolute atomic E-state index is 5.54. The molecule has 86 valence electrons. The van der Waals surface area contributed by atoms with E-state index in [1.807, 2.05) is 0 Å². The fourth-order valence-electron chi connectivity index (χ4n) is 1.39. The first-order valence-electron chi connectivity index (χ1n) is 6.07. The molecule has 1 unspecified atom stereocenters. The van der Waals surface area contributed by atoms with Gasteiger partial charge in [-0.2, -0.15) is 0 Å². The molecule has 0 saturated heterocycles. The third-order valence-corrected chi connectivity index (χ3v) is 2.60. The van der Waals surface area contributed by atoms with E-state index in [2.05, 4.69) is 26.1 Å². The monoisotopic (exact) mass is 200 g/mol. The number of nitrogens with two attached hydrogens (primary N) is 1. The quantitative estimate of drug-likeness (QED) is 0.561. The molecule has 0 spiro atoms. The van der Waals surface area contributed by atoms with Gasteiger partial charge in [0.25, 0.3) is 0 Å². The van der Waals surface area contributed by atoms with Crippen LogP contribution in [0.4, 0.5) is 0 Å². The Hall–Kier alpha value is -0.0800. The van der Waals surface area contributed by atoms with Crippen LogP contribution in [0.15, 0.2) is 0 Å². The third kappa shape index (κ3) is 10.0. The molecule has 0 fully saturated rings. The molecular weight excluding hydrogens is 172 g/mol. The molecule has 2 heteroatoms. The molecule has 0 radical (unpaired) electrons. The van der Waals surface area contributed by atoms with Crippen LogP contribution in [-0.2, 0) is 0 Å². The molecule has 1 atom stereocenters. The number of unbranched alkanes of at least 4 members (excludes halogenated alkanes) is 1. The van der Waals surface area contributed by atoms with Crippen LogP contribution in [0.2, 0.25) is 0 Å². The Morgan fingerprint density at radius 1 is 1.00 bits per heavy atom. The van der Waals surface area contributed by atoms with Crippen molar-refractivity contribution in [2.24, 2.45) is 17.6 Å². The summed E-state index contributed by atoms with van der Waals surface area (Å²) in [5, 5.41) is 3.47. The van der Waals surface area contributed by atoms with Crippen LogP contribution < -0.4 is 11.1 Å². The van der Waals surface area contributed by atoms with Crippen molar-refractivity contribution < 1.29 is 0 Å². The predicted octanol–water partition coefficient (Wildman–Crippen LogP) is 2.39. The van der Waals surface area contributed by atoms with Gasteiger partial charge in [-0.1, -0.05) is 33.6 Å². The van der Waals surface area contributed by atoms with E-state index in [1.165, 1.54) is 32.2 Å². The van der Waals surface area contributed by atoms with Gasteiger partial charge in [-0.05, 0) is 44.3 Å². The standard InChI is InChI=1S/C12H28N2/c1-11(2)6-4-5-8-14-9-7-12(3)10-13/h11-12,14H,4-10,13H2,1-3H3. The summed E-state index contributed by atoms with van der Waals surface area (Å²) in [5.74, 6) is 1.52. The molecule has 14 heavy (non-hydrogen) atoms. The van der Waals surface area contributed by atoms with Crippen LogP contribution in [0.25, 0.3) is 0 Å². The second-order valence-electron chi connectivity index (χ2n) is 4.77. The fraction of sp³-hybridized carbons (Fsp3) is 1.00. The topological polar surface area (TPSA) is 38.0 Å². The second-order valence-corrected chi connectivity index (χ2v) is 4.77. The lowest BCUT2D eigenvalue weighted by molar-refractivity contribution is 0.486. The van der Waals surface area contributed by atoms with Gasteiger partial charge in [0, 0.05) is 0 Å². The number of rotatable bonds is 9. The van der Waals surface area contributed by atoms with Crippen LogP contribution >= 0.6 is 0 Å². The van der Waals surface area contributed by atoms with Crippen molar-refractivity contribution in [3.8, 4) is 0 Å². The third-order valence-electron chi connectivity index (χ3n) is 2.60. The van der Waals surface area contributed by atoms with Crippen molar-refractivity contribution in [3.63, 3.8) is 0 Å². The lowest BCUT2D eigenvalue weighted by atomic mass is 10.1. The van der Waals surface area contributed by atoms with E-state index in [-0.39, 0.29) is 0 Å². The molecule has 0 bridgehead atoms. The van der Waals surface area contributed by atoms with Crippen LogP contribution in [0, 0.1) is 11.8 Å². The number of nitrogens with one attached hydrogen (secondary N) is 1. The fourth-order valence-corrected chi connectivity index (χ4v) is 1.39. The number of hydrogen-bond donors (Lipinski definition) is 2. The molecule has 0 aromatic heterocycles. The van der Waals surface area contributed by atoms with E-state index < -0.39 is 0 Å². The molecule has 0 heterocycles. The highest BCUT2D eigenvalue weighted by Gasteiger charge is 1.97. The minimum absolute atomic E-state index is 0.665. The normalized spacial score (nSPS) is 13.5. The molecule has 3 N–H and O–H groups in total. The van der Waals surface area contributed by atoms with Crippen molar-refractivity contribution in [2.45, 2.75) is 46.5 Å². The average Bonchev–Trinajstić information content (AvgIpc) is 2.15. The van der Waals surface area contributed by atoms with E-state index in [4.69, 9.17) is 5.73 Å². The minimum atomic E-state index is 0.665. The maximum Gasteiger partial charge on any atom is -0.00459 e. The summed E-state index contributed by atoms with van der Waals surface area (Å²) in [5.41, 5.74) is 5.54. The summed E-state index contributed by atoms with van der Waals surface area (Å²) in [7, 11) is 0. The van der Waals surface area contributed by atoms with Crippen LogP contribution in [0.1, 0.15) is 46.5 Å². The van der Waals surface area contributed by atoms with Gasteiger partial charge >= 0.3 is 0 Å². The minimum Gasteiger partial charge on any atom is -0.330 e. The van der Waals surface area contributed by atoms with Gasteiger partial charge in [-0.15, -0.1) is 0 Å². The van der Waals surface area contributed by atoms with Gasteiger partial charge in [-0.25, -0.2) is 0 Å².